The predicted molar refractivity (Wildman–Crippen MR) is 88.9 cm³/mol. The molecule has 1 aromatic rings. The van der Waals surface area contributed by atoms with Crippen molar-refractivity contribution in [3.63, 3.8) is 0 Å². The highest BCUT2D eigenvalue weighted by Crippen LogP contribution is 2.16. The van der Waals surface area contributed by atoms with Gasteiger partial charge in [-0.2, -0.15) is 11.8 Å². The lowest BCUT2D eigenvalue weighted by Gasteiger charge is -2.32. The molecular weight excluding hydrogens is 282 g/mol. The Kier molecular flexibility index (Phi) is 6.94. The van der Waals surface area contributed by atoms with Crippen molar-refractivity contribution < 1.29 is 9.84 Å². The van der Waals surface area contributed by atoms with Crippen molar-refractivity contribution in [3.8, 4) is 17.6 Å². The maximum absolute atomic E-state index is 8.73. The van der Waals surface area contributed by atoms with E-state index in [2.05, 4.69) is 23.7 Å². The van der Waals surface area contributed by atoms with Crippen LogP contribution in [0.4, 0.5) is 0 Å². The van der Waals surface area contributed by atoms with Gasteiger partial charge in [-0.25, -0.2) is 0 Å². The van der Waals surface area contributed by atoms with Crippen molar-refractivity contribution in [3.05, 3.63) is 29.8 Å². The lowest BCUT2D eigenvalue weighted by Crippen LogP contribution is -2.42. The van der Waals surface area contributed by atoms with Crippen LogP contribution in [0.25, 0.3) is 0 Å². The summed E-state index contributed by atoms with van der Waals surface area (Å²) in [6, 6.07) is 8.48. The number of rotatable bonds is 5. The molecule has 3 nitrogen and oxygen atoms in total. The van der Waals surface area contributed by atoms with Crippen LogP contribution in [-0.4, -0.2) is 53.9 Å². The number of aliphatic hydroxyl groups excluding tert-OH is 1. The summed E-state index contributed by atoms with van der Waals surface area (Å²) in [6.07, 6.45) is 0.510. The van der Waals surface area contributed by atoms with E-state index in [4.69, 9.17) is 9.84 Å². The molecule has 1 unspecified atom stereocenters. The third kappa shape index (κ3) is 5.62. The van der Waals surface area contributed by atoms with Gasteiger partial charge in [-0.15, -0.1) is 0 Å². The Labute approximate surface area is 131 Å². The highest BCUT2D eigenvalue weighted by molar-refractivity contribution is 7.99. The number of benzene rings is 1. The van der Waals surface area contributed by atoms with E-state index >= 15 is 0 Å². The normalized spacial score (nSPS) is 18.9. The molecule has 114 valence electrons. The smallest absolute Gasteiger partial charge is 0.120 e. The Bertz CT molecular complexity index is 495. The van der Waals surface area contributed by atoms with Gasteiger partial charge in [-0.3, -0.25) is 4.90 Å². The first-order valence-electron chi connectivity index (χ1n) is 7.44. The number of thioether (sulfide) groups is 1. The van der Waals surface area contributed by atoms with Crippen molar-refractivity contribution in [1.82, 2.24) is 4.90 Å². The maximum atomic E-state index is 8.73. The van der Waals surface area contributed by atoms with E-state index in [0.29, 0.717) is 19.1 Å². The van der Waals surface area contributed by atoms with Crippen molar-refractivity contribution in [1.29, 1.82) is 0 Å². The van der Waals surface area contributed by atoms with Gasteiger partial charge in [-0.05, 0) is 25.1 Å². The van der Waals surface area contributed by atoms with Crippen molar-refractivity contribution in [2.45, 2.75) is 19.4 Å². The minimum Gasteiger partial charge on any atom is -0.492 e. The third-order valence-electron chi connectivity index (χ3n) is 3.46. The molecule has 1 fully saturated rings. The maximum Gasteiger partial charge on any atom is 0.120 e. The van der Waals surface area contributed by atoms with E-state index in [1.165, 1.54) is 11.5 Å². The number of ether oxygens (including phenoxy) is 1. The van der Waals surface area contributed by atoms with E-state index in [1.807, 2.05) is 36.0 Å². The fourth-order valence-corrected chi connectivity index (χ4v) is 3.34. The zero-order valence-electron chi connectivity index (χ0n) is 12.5. The van der Waals surface area contributed by atoms with Gasteiger partial charge in [0.05, 0.1) is 6.61 Å². The first kappa shape index (κ1) is 16.2. The van der Waals surface area contributed by atoms with E-state index in [-0.39, 0.29) is 6.61 Å². The molecule has 21 heavy (non-hydrogen) atoms. The number of nitrogens with zero attached hydrogens (tertiary/aromatic N) is 1. The molecule has 0 amide bonds. The summed E-state index contributed by atoms with van der Waals surface area (Å²) < 4.78 is 5.84. The van der Waals surface area contributed by atoms with Crippen LogP contribution in [0.15, 0.2) is 24.3 Å². The van der Waals surface area contributed by atoms with Gasteiger partial charge in [0, 0.05) is 42.6 Å². The minimum absolute atomic E-state index is 0.107. The Morgan fingerprint density at radius 1 is 1.48 bits per heavy atom. The van der Waals surface area contributed by atoms with Gasteiger partial charge < -0.3 is 9.84 Å². The van der Waals surface area contributed by atoms with Crippen LogP contribution < -0.4 is 4.74 Å². The molecule has 0 radical (unpaired) electrons. The van der Waals surface area contributed by atoms with Gasteiger partial charge in [0.1, 0.15) is 12.4 Å². The Hall–Kier alpha value is -1.15. The zero-order chi connectivity index (χ0) is 14.9. The van der Waals surface area contributed by atoms with Gasteiger partial charge in [0.15, 0.2) is 0 Å². The van der Waals surface area contributed by atoms with Crippen molar-refractivity contribution in [2.24, 2.45) is 0 Å². The van der Waals surface area contributed by atoms with E-state index in [1.54, 1.807) is 0 Å². The molecule has 0 spiro atoms. The lowest BCUT2D eigenvalue weighted by molar-refractivity contribution is 0.183. The second-order valence-electron chi connectivity index (χ2n) is 5.11. The monoisotopic (exact) mass is 305 g/mol. The second-order valence-corrected chi connectivity index (χ2v) is 6.26. The fourth-order valence-electron chi connectivity index (χ4n) is 2.26. The van der Waals surface area contributed by atoms with Crippen LogP contribution in [0.1, 0.15) is 18.9 Å². The standard InChI is InChI=1S/C17H23NO2S/c1-15-14-21-12-9-18(15)8-11-20-17-7-4-6-16(13-17)5-2-3-10-19/h4,6-7,13,15,19H,3,8-12,14H2,1H3. The summed E-state index contributed by atoms with van der Waals surface area (Å²) in [5.41, 5.74) is 0.934. The predicted octanol–water partition coefficient (Wildman–Crippen LogP) is 2.24. The van der Waals surface area contributed by atoms with Crippen LogP contribution in [-0.2, 0) is 0 Å². The van der Waals surface area contributed by atoms with Crippen LogP contribution in [0.5, 0.6) is 5.75 Å². The first-order valence-corrected chi connectivity index (χ1v) is 8.59. The molecule has 4 heteroatoms. The van der Waals surface area contributed by atoms with Crippen molar-refractivity contribution in [2.75, 3.05) is 37.8 Å². The Balaban J connectivity index is 1.80. The quantitative estimate of drug-likeness (QED) is 0.846. The molecule has 1 aliphatic rings. The van der Waals surface area contributed by atoms with Gasteiger partial charge >= 0.3 is 0 Å². The third-order valence-corrected chi connectivity index (χ3v) is 4.65. The summed E-state index contributed by atoms with van der Waals surface area (Å²) in [4.78, 5) is 2.49. The van der Waals surface area contributed by atoms with E-state index in [9.17, 15) is 0 Å². The Morgan fingerprint density at radius 2 is 2.38 bits per heavy atom. The summed E-state index contributed by atoms with van der Waals surface area (Å²) in [7, 11) is 0. The molecule has 0 saturated carbocycles. The van der Waals surface area contributed by atoms with Gasteiger partial charge in [0.2, 0.25) is 0 Å². The second kappa shape index (κ2) is 8.99. The van der Waals surface area contributed by atoms with Crippen LogP contribution in [0, 0.1) is 11.8 Å². The molecule has 1 aromatic carbocycles. The zero-order valence-corrected chi connectivity index (χ0v) is 13.4. The summed E-state index contributed by atoms with van der Waals surface area (Å²) in [5, 5.41) is 8.73. The number of hydrogen-bond acceptors (Lipinski definition) is 4. The van der Waals surface area contributed by atoms with E-state index in [0.717, 1.165) is 24.4 Å². The highest BCUT2D eigenvalue weighted by Gasteiger charge is 2.17. The molecule has 1 aliphatic heterocycles. The molecule has 1 heterocycles. The molecule has 0 bridgehead atoms. The average molecular weight is 305 g/mol. The minimum atomic E-state index is 0.107. The van der Waals surface area contributed by atoms with Crippen molar-refractivity contribution >= 4 is 11.8 Å². The average Bonchev–Trinajstić information content (AvgIpc) is 2.50. The van der Waals surface area contributed by atoms with Gasteiger partial charge in [0.25, 0.3) is 0 Å². The van der Waals surface area contributed by atoms with Gasteiger partial charge in [-0.1, -0.05) is 17.9 Å². The number of hydrogen-bond donors (Lipinski definition) is 1. The van der Waals surface area contributed by atoms with E-state index < -0.39 is 0 Å². The number of aliphatic hydroxyl groups is 1. The summed E-state index contributed by atoms with van der Waals surface area (Å²) >= 11 is 2.03. The SMILES string of the molecule is CC1CSCCN1CCOc1cccc(C#CCCO)c1. The molecule has 1 saturated heterocycles. The topological polar surface area (TPSA) is 32.7 Å². The van der Waals surface area contributed by atoms with Crippen LogP contribution >= 0.6 is 11.8 Å². The van der Waals surface area contributed by atoms with Crippen LogP contribution in [0.3, 0.4) is 0 Å². The molecular formula is C17H23NO2S. The summed E-state index contributed by atoms with van der Waals surface area (Å²) in [5.74, 6) is 9.26. The molecule has 1 N–H and O–H groups in total. The fraction of sp³-hybridized carbons (Fsp3) is 0.529. The largest absolute Gasteiger partial charge is 0.492 e. The molecule has 0 aromatic heterocycles. The lowest BCUT2D eigenvalue weighted by atomic mass is 10.2. The summed E-state index contributed by atoms with van der Waals surface area (Å²) in [6.45, 7) is 5.23. The highest BCUT2D eigenvalue weighted by atomic mass is 32.2. The molecule has 2 rings (SSSR count). The molecule has 0 aliphatic carbocycles. The van der Waals surface area contributed by atoms with Crippen LogP contribution in [0.2, 0.25) is 0 Å². The molecule has 1 atom stereocenters. The first-order chi connectivity index (χ1) is 10.3. The Morgan fingerprint density at radius 3 is 3.19 bits per heavy atom.